The minimum Gasteiger partial charge on any atom is -0.411 e. The number of carbonyl (C=O) groups is 1. The van der Waals surface area contributed by atoms with Crippen molar-refractivity contribution >= 4 is 33.6 Å². The largest absolute Gasteiger partial charge is 0.411 e. The molecule has 7 heteroatoms. The van der Waals surface area contributed by atoms with E-state index in [2.05, 4.69) is 45.3 Å². The maximum atomic E-state index is 12.6. The van der Waals surface area contributed by atoms with Crippen LogP contribution >= 0.6 is 27.7 Å². The first-order valence-corrected chi connectivity index (χ1v) is 10.7. The average molecular weight is 438 g/mol. The highest BCUT2D eigenvalue weighted by Gasteiger charge is 2.30. The van der Waals surface area contributed by atoms with Crippen molar-refractivity contribution in [3.05, 3.63) is 28.7 Å². The van der Waals surface area contributed by atoms with Gasteiger partial charge in [0.2, 0.25) is 11.8 Å². The normalized spacial score (nSPS) is 24.2. The molecule has 0 spiro atoms. The van der Waals surface area contributed by atoms with Crippen LogP contribution < -0.4 is 5.32 Å². The van der Waals surface area contributed by atoms with Crippen molar-refractivity contribution in [1.29, 1.82) is 0 Å². The van der Waals surface area contributed by atoms with Crippen molar-refractivity contribution in [2.45, 2.75) is 56.5 Å². The molecule has 140 valence electrons. The molecule has 1 saturated carbocycles. The first-order valence-electron chi connectivity index (χ1n) is 9.01. The van der Waals surface area contributed by atoms with Gasteiger partial charge in [-0.3, -0.25) is 4.79 Å². The third-order valence-corrected chi connectivity index (χ3v) is 6.82. The monoisotopic (exact) mass is 437 g/mol. The molecule has 3 rings (SSSR count). The molecule has 26 heavy (non-hydrogen) atoms. The third kappa shape index (κ3) is 4.49. The lowest BCUT2D eigenvalue weighted by atomic mass is 9.78. The summed E-state index contributed by atoms with van der Waals surface area (Å²) in [5.74, 6) is 1.64. The lowest BCUT2D eigenvalue weighted by Gasteiger charge is -2.35. The standard InChI is InChI=1S/C19H24BrN3O2S/c1-11-7-6-10-16(12(11)2)21-17(24)13(3)26-19-23-22-18(25-19)14-8-4-5-9-15(14)20/h4-5,8-9,11-13,16H,6-7,10H2,1-3H3,(H,21,24)/t11-,12-,13-,16+/m0/s1. The van der Waals surface area contributed by atoms with Crippen LogP contribution in [0.5, 0.6) is 0 Å². The van der Waals surface area contributed by atoms with E-state index >= 15 is 0 Å². The number of hydrogen-bond donors (Lipinski definition) is 1. The number of aromatic nitrogens is 2. The average Bonchev–Trinajstić information content (AvgIpc) is 3.07. The predicted molar refractivity (Wildman–Crippen MR) is 107 cm³/mol. The molecule has 2 aromatic rings. The lowest BCUT2D eigenvalue weighted by molar-refractivity contribution is -0.121. The number of benzene rings is 1. The van der Waals surface area contributed by atoms with Gasteiger partial charge in [-0.1, -0.05) is 50.6 Å². The van der Waals surface area contributed by atoms with Gasteiger partial charge in [-0.25, -0.2) is 0 Å². The minimum absolute atomic E-state index is 0.0293. The van der Waals surface area contributed by atoms with Crippen LogP contribution in [0.4, 0.5) is 0 Å². The van der Waals surface area contributed by atoms with Crippen LogP contribution in [0.1, 0.15) is 40.0 Å². The first-order chi connectivity index (χ1) is 12.5. The zero-order chi connectivity index (χ0) is 18.7. The van der Waals surface area contributed by atoms with Gasteiger partial charge in [0.1, 0.15) is 0 Å². The molecule has 0 unspecified atom stereocenters. The van der Waals surface area contributed by atoms with E-state index in [1.54, 1.807) is 0 Å². The Bertz CT molecular complexity index is 767. The molecular weight excluding hydrogens is 414 g/mol. The highest BCUT2D eigenvalue weighted by atomic mass is 79.9. The van der Waals surface area contributed by atoms with Gasteiger partial charge in [-0.2, -0.15) is 0 Å². The summed E-state index contributed by atoms with van der Waals surface area (Å²) in [6, 6.07) is 7.94. The second kappa shape index (κ2) is 8.57. The van der Waals surface area contributed by atoms with E-state index in [-0.39, 0.29) is 17.2 Å². The van der Waals surface area contributed by atoms with E-state index in [4.69, 9.17) is 4.42 Å². The van der Waals surface area contributed by atoms with Gasteiger partial charge in [0, 0.05) is 10.5 Å². The maximum absolute atomic E-state index is 12.6. The van der Waals surface area contributed by atoms with E-state index in [1.165, 1.54) is 24.6 Å². The molecule has 0 bridgehead atoms. The first kappa shape index (κ1) is 19.4. The molecule has 1 amide bonds. The van der Waals surface area contributed by atoms with Crippen molar-refractivity contribution < 1.29 is 9.21 Å². The summed E-state index contributed by atoms with van der Waals surface area (Å²) in [4.78, 5) is 12.6. The van der Waals surface area contributed by atoms with Gasteiger partial charge in [-0.05, 0) is 53.2 Å². The Morgan fingerprint density at radius 3 is 2.85 bits per heavy atom. The number of amides is 1. The zero-order valence-corrected chi connectivity index (χ0v) is 17.6. The summed E-state index contributed by atoms with van der Waals surface area (Å²) in [7, 11) is 0. The van der Waals surface area contributed by atoms with Crippen LogP contribution in [0.3, 0.4) is 0 Å². The molecule has 5 nitrogen and oxygen atoms in total. The highest BCUT2D eigenvalue weighted by Crippen LogP contribution is 2.32. The van der Waals surface area contributed by atoms with E-state index in [0.29, 0.717) is 22.9 Å². The van der Waals surface area contributed by atoms with Crippen molar-refractivity contribution in [3.8, 4) is 11.5 Å². The summed E-state index contributed by atoms with van der Waals surface area (Å²) < 4.78 is 6.63. The maximum Gasteiger partial charge on any atom is 0.277 e. The summed E-state index contributed by atoms with van der Waals surface area (Å²) in [6.45, 7) is 6.37. The molecular formula is C19H24BrN3O2S. The van der Waals surface area contributed by atoms with Gasteiger partial charge in [0.05, 0.1) is 10.8 Å². The molecule has 1 aromatic heterocycles. The van der Waals surface area contributed by atoms with Gasteiger partial charge in [0.15, 0.2) is 0 Å². The molecule has 1 heterocycles. The molecule has 1 aromatic carbocycles. The molecule has 1 N–H and O–H groups in total. The Balaban J connectivity index is 1.60. The lowest BCUT2D eigenvalue weighted by Crippen LogP contribution is -2.46. The Labute approximate surface area is 166 Å². The molecule has 1 aliphatic carbocycles. The van der Waals surface area contributed by atoms with Gasteiger partial charge in [0.25, 0.3) is 5.22 Å². The van der Waals surface area contributed by atoms with Crippen LogP contribution in [0.2, 0.25) is 0 Å². The van der Waals surface area contributed by atoms with Crippen molar-refractivity contribution in [2.24, 2.45) is 11.8 Å². The van der Waals surface area contributed by atoms with E-state index in [9.17, 15) is 4.79 Å². The molecule has 0 saturated heterocycles. The summed E-state index contributed by atoms with van der Waals surface area (Å²) >= 11 is 4.78. The number of thioether (sulfide) groups is 1. The number of halogens is 1. The van der Waals surface area contributed by atoms with E-state index in [0.717, 1.165) is 16.5 Å². The SMILES string of the molecule is C[C@H]1[C@@H](C)CCC[C@H]1NC(=O)[C@H](C)Sc1nnc(-c2ccccc2Br)o1. The van der Waals surface area contributed by atoms with Gasteiger partial charge >= 0.3 is 0 Å². The highest BCUT2D eigenvalue weighted by molar-refractivity contribution is 9.10. The molecule has 4 atom stereocenters. The third-order valence-electron chi connectivity index (χ3n) is 5.19. The molecule has 0 radical (unpaired) electrons. The number of rotatable bonds is 5. The number of carbonyl (C=O) groups excluding carboxylic acids is 1. The number of nitrogens with zero attached hydrogens (tertiary/aromatic N) is 2. The van der Waals surface area contributed by atoms with E-state index < -0.39 is 0 Å². The van der Waals surface area contributed by atoms with Crippen molar-refractivity contribution in [3.63, 3.8) is 0 Å². The van der Waals surface area contributed by atoms with Crippen LogP contribution in [0.15, 0.2) is 38.4 Å². The molecule has 1 aliphatic rings. The predicted octanol–water partition coefficient (Wildman–Crippen LogP) is 4.92. The van der Waals surface area contributed by atoms with Crippen LogP contribution in [0, 0.1) is 11.8 Å². The van der Waals surface area contributed by atoms with Crippen molar-refractivity contribution in [2.75, 3.05) is 0 Å². The fraction of sp³-hybridized carbons (Fsp3) is 0.526. The molecule has 1 fully saturated rings. The fourth-order valence-corrected chi connectivity index (χ4v) is 4.44. The smallest absolute Gasteiger partial charge is 0.277 e. The number of nitrogens with one attached hydrogen (secondary N) is 1. The van der Waals surface area contributed by atoms with Crippen LogP contribution in [-0.2, 0) is 4.79 Å². The second-order valence-corrected chi connectivity index (χ2v) is 9.14. The second-order valence-electron chi connectivity index (χ2n) is 7.00. The fourth-order valence-electron chi connectivity index (χ4n) is 3.29. The Hall–Kier alpha value is -1.34. The van der Waals surface area contributed by atoms with Gasteiger partial charge < -0.3 is 9.73 Å². The minimum atomic E-state index is -0.285. The number of hydrogen-bond acceptors (Lipinski definition) is 5. The van der Waals surface area contributed by atoms with Crippen molar-refractivity contribution in [1.82, 2.24) is 15.5 Å². The topological polar surface area (TPSA) is 68.0 Å². The Morgan fingerprint density at radius 1 is 1.31 bits per heavy atom. The van der Waals surface area contributed by atoms with Crippen LogP contribution in [0.25, 0.3) is 11.5 Å². The van der Waals surface area contributed by atoms with E-state index in [1.807, 2.05) is 31.2 Å². The zero-order valence-electron chi connectivity index (χ0n) is 15.2. The summed E-state index contributed by atoms with van der Waals surface area (Å²) in [6.07, 6.45) is 3.48. The Morgan fingerprint density at radius 2 is 2.08 bits per heavy atom. The van der Waals surface area contributed by atoms with Gasteiger partial charge in [-0.15, -0.1) is 10.2 Å². The van der Waals surface area contributed by atoms with Crippen LogP contribution in [-0.4, -0.2) is 27.4 Å². The summed E-state index contributed by atoms with van der Waals surface area (Å²) in [5.41, 5.74) is 0.842. The molecule has 0 aliphatic heterocycles. The summed E-state index contributed by atoms with van der Waals surface area (Å²) in [5, 5.41) is 11.5. The Kier molecular flexibility index (Phi) is 6.40. The quantitative estimate of drug-likeness (QED) is 0.672.